The summed E-state index contributed by atoms with van der Waals surface area (Å²) in [4.78, 5) is 28.7. The highest BCUT2D eigenvalue weighted by molar-refractivity contribution is 6.04. The second kappa shape index (κ2) is 7.49. The van der Waals surface area contributed by atoms with Gasteiger partial charge in [0.1, 0.15) is 0 Å². The molecule has 0 saturated carbocycles. The Balaban J connectivity index is 1.77. The molecule has 130 valence electrons. The molecule has 0 bridgehead atoms. The number of carbonyl (C=O) groups is 2. The van der Waals surface area contributed by atoms with Crippen molar-refractivity contribution in [1.82, 2.24) is 4.90 Å². The molecule has 0 fully saturated rings. The lowest BCUT2D eigenvalue weighted by Gasteiger charge is -2.29. The fourth-order valence-corrected chi connectivity index (χ4v) is 3.23. The third-order valence-electron chi connectivity index (χ3n) is 4.33. The molecule has 1 aliphatic heterocycles. The number of benzene rings is 2. The summed E-state index contributed by atoms with van der Waals surface area (Å²) in [6.07, 6.45) is 0.294. The first-order valence-electron chi connectivity index (χ1n) is 8.48. The van der Waals surface area contributed by atoms with E-state index in [2.05, 4.69) is 5.32 Å². The van der Waals surface area contributed by atoms with Gasteiger partial charge in [0, 0.05) is 19.0 Å². The van der Waals surface area contributed by atoms with Gasteiger partial charge >= 0.3 is 0 Å². The van der Waals surface area contributed by atoms with Crippen LogP contribution >= 0.6 is 0 Å². The van der Waals surface area contributed by atoms with Crippen molar-refractivity contribution in [2.75, 3.05) is 23.8 Å². The van der Waals surface area contributed by atoms with E-state index in [4.69, 9.17) is 0 Å². The molecule has 0 radical (unpaired) electrons. The van der Waals surface area contributed by atoms with Crippen LogP contribution < -0.4 is 10.2 Å². The molecule has 2 amide bonds. The van der Waals surface area contributed by atoms with Gasteiger partial charge in [-0.15, -0.1) is 0 Å². The van der Waals surface area contributed by atoms with Gasteiger partial charge in [-0.2, -0.15) is 0 Å². The maximum atomic E-state index is 13.0. The molecular weight excluding hydrogens is 314 g/mol. The molecule has 1 aliphatic rings. The van der Waals surface area contributed by atoms with Crippen molar-refractivity contribution >= 4 is 23.2 Å². The smallest absolute Gasteiger partial charge is 0.241 e. The molecule has 3 rings (SSSR count). The Bertz CT molecular complexity index is 761. The SMILES string of the molecule is C[C@H]1CC(=O)Nc2ccccc2N1C(=O)CN(C)Cc1ccccc1. The van der Waals surface area contributed by atoms with Gasteiger partial charge in [-0.1, -0.05) is 42.5 Å². The average molecular weight is 337 g/mol. The van der Waals surface area contributed by atoms with Crippen molar-refractivity contribution in [2.45, 2.75) is 25.9 Å². The molecule has 1 N–H and O–H groups in total. The van der Waals surface area contributed by atoms with Crippen LogP contribution in [0.5, 0.6) is 0 Å². The highest BCUT2D eigenvalue weighted by Gasteiger charge is 2.29. The van der Waals surface area contributed by atoms with Crippen LogP contribution in [0.3, 0.4) is 0 Å². The Hall–Kier alpha value is -2.66. The average Bonchev–Trinajstić information content (AvgIpc) is 2.69. The number of nitrogens with zero attached hydrogens (tertiary/aromatic N) is 2. The van der Waals surface area contributed by atoms with Gasteiger partial charge < -0.3 is 10.2 Å². The van der Waals surface area contributed by atoms with E-state index in [1.54, 1.807) is 4.90 Å². The predicted molar refractivity (Wildman–Crippen MR) is 99.4 cm³/mol. The van der Waals surface area contributed by atoms with E-state index in [1.807, 2.05) is 73.5 Å². The molecule has 0 spiro atoms. The zero-order chi connectivity index (χ0) is 17.8. The molecule has 1 heterocycles. The van der Waals surface area contributed by atoms with Crippen LogP contribution in [-0.4, -0.2) is 36.3 Å². The summed E-state index contributed by atoms with van der Waals surface area (Å²) in [7, 11) is 1.93. The van der Waals surface area contributed by atoms with Crippen molar-refractivity contribution in [3.63, 3.8) is 0 Å². The largest absolute Gasteiger partial charge is 0.324 e. The van der Waals surface area contributed by atoms with Crippen LogP contribution in [-0.2, 0) is 16.1 Å². The molecule has 2 aromatic rings. The first-order valence-corrected chi connectivity index (χ1v) is 8.48. The number of para-hydroxylation sites is 2. The maximum absolute atomic E-state index is 13.0. The normalized spacial score (nSPS) is 17.0. The first-order chi connectivity index (χ1) is 12.0. The summed E-state index contributed by atoms with van der Waals surface area (Å²) < 4.78 is 0. The van der Waals surface area contributed by atoms with Gasteiger partial charge in [0.25, 0.3) is 0 Å². The van der Waals surface area contributed by atoms with Crippen LogP contribution in [0.25, 0.3) is 0 Å². The Labute approximate surface area is 148 Å². The zero-order valence-electron chi connectivity index (χ0n) is 14.6. The van der Waals surface area contributed by atoms with Crippen molar-refractivity contribution < 1.29 is 9.59 Å². The third-order valence-corrected chi connectivity index (χ3v) is 4.33. The minimum Gasteiger partial charge on any atom is -0.324 e. The van der Waals surface area contributed by atoms with E-state index in [0.29, 0.717) is 25.2 Å². The maximum Gasteiger partial charge on any atom is 0.241 e. The molecule has 0 aliphatic carbocycles. The number of rotatable bonds is 4. The summed E-state index contributed by atoms with van der Waals surface area (Å²) in [6.45, 7) is 2.91. The van der Waals surface area contributed by atoms with Crippen molar-refractivity contribution in [1.29, 1.82) is 0 Å². The molecule has 2 aromatic carbocycles. The number of nitrogens with one attached hydrogen (secondary N) is 1. The minimum atomic E-state index is -0.179. The number of hydrogen-bond donors (Lipinski definition) is 1. The Morgan fingerprint density at radius 2 is 1.84 bits per heavy atom. The van der Waals surface area contributed by atoms with E-state index < -0.39 is 0 Å². The lowest BCUT2D eigenvalue weighted by Crippen LogP contribution is -2.44. The van der Waals surface area contributed by atoms with Gasteiger partial charge in [-0.05, 0) is 31.7 Å². The van der Waals surface area contributed by atoms with Crippen molar-refractivity contribution in [3.8, 4) is 0 Å². The summed E-state index contributed by atoms with van der Waals surface area (Å²) in [5.41, 5.74) is 2.62. The summed E-state index contributed by atoms with van der Waals surface area (Å²) in [6, 6.07) is 17.4. The van der Waals surface area contributed by atoms with E-state index in [9.17, 15) is 9.59 Å². The molecule has 1 atom stereocenters. The highest BCUT2D eigenvalue weighted by atomic mass is 16.2. The van der Waals surface area contributed by atoms with E-state index in [0.717, 1.165) is 5.69 Å². The fourth-order valence-electron chi connectivity index (χ4n) is 3.23. The molecule has 0 saturated heterocycles. The van der Waals surface area contributed by atoms with Crippen LogP contribution in [0, 0.1) is 0 Å². The minimum absolute atomic E-state index is 0.00474. The highest BCUT2D eigenvalue weighted by Crippen LogP contribution is 2.31. The Kier molecular flexibility index (Phi) is 5.14. The number of likely N-dealkylation sites (N-methyl/N-ethyl adjacent to an activating group) is 1. The Morgan fingerprint density at radius 3 is 2.60 bits per heavy atom. The number of hydrogen-bond acceptors (Lipinski definition) is 3. The molecule has 5 nitrogen and oxygen atoms in total. The topological polar surface area (TPSA) is 52.7 Å². The van der Waals surface area contributed by atoms with E-state index >= 15 is 0 Å². The Morgan fingerprint density at radius 1 is 1.16 bits per heavy atom. The van der Waals surface area contributed by atoms with Gasteiger partial charge in [0.2, 0.25) is 11.8 Å². The van der Waals surface area contributed by atoms with Gasteiger partial charge in [-0.25, -0.2) is 0 Å². The monoisotopic (exact) mass is 337 g/mol. The predicted octanol–water partition coefficient (Wildman–Crippen LogP) is 2.88. The van der Waals surface area contributed by atoms with Gasteiger partial charge in [0.15, 0.2) is 0 Å². The zero-order valence-corrected chi connectivity index (χ0v) is 14.6. The fraction of sp³-hybridized carbons (Fsp3) is 0.300. The lowest BCUT2D eigenvalue weighted by molar-refractivity contribution is -0.120. The number of carbonyl (C=O) groups excluding carboxylic acids is 2. The molecule has 5 heteroatoms. The molecule has 0 unspecified atom stereocenters. The third kappa shape index (κ3) is 4.06. The number of fused-ring (bicyclic) bond motifs is 1. The van der Waals surface area contributed by atoms with Crippen LogP contribution in [0.4, 0.5) is 11.4 Å². The van der Waals surface area contributed by atoms with Crippen molar-refractivity contribution in [3.05, 3.63) is 60.2 Å². The van der Waals surface area contributed by atoms with Crippen LogP contribution in [0.2, 0.25) is 0 Å². The lowest BCUT2D eigenvalue weighted by atomic mass is 10.1. The first kappa shape index (κ1) is 17.2. The number of amides is 2. The van der Waals surface area contributed by atoms with E-state index in [-0.39, 0.29) is 17.9 Å². The standard InChI is InChI=1S/C20H23N3O2/c1-15-12-19(24)21-17-10-6-7-11-18(17)23(15)20(25)14-22(2)13-16-8-4-3-5-9-16/h3-11,15H,12-14H2,1-2H3,(H,21,24)/t15-/m0/s1. The second-order valence-electron chi connectivity index (χ2n) is 6.54. The van der Waals surface area contributed by atoms with Crippen LogP contribution in [0.1, 0.15) is 18.9 Å². The van der Waals surface area contributed by atoms with Gasteiger partial charge in [-0.3, -0.25) is 14.5 Å². The molecular formula is C20H23N3O2. The molecule has 0 aromatic heterocycles. The second-order valence-corrected chi connectivity index (χ2v) is 6.54. The summed E-state index contributed by atoms with van der Waals surface area (Å²) in [5.74, 6) is -0.0669. The van der Waals surface area contributed by atoms with Crippen LogP contribution in [0.15, 0.2) is 54.6 Å². The quantitative estimate of drug-likeness (QED) is 0.933. The summed E-state index contributed by atoms with van der Waals surface area (Å²) >= 11 is 0. The molecule has 25 heavy (non-hydrogen) atoms. The van der Waals surface area contributed by atoms with E-state index in [1.165, 1.54) is 5.56 Å². The number of anilines is 2. The summed E-state index contributed by atoms with van der Waals surface area (Å²) in [5, 5.41) is 2.88. The van der Waals surface area contributed by atoms with Gasteiger partial charge in [0.05, 0.1) is 17.9 Å². The van der Waals surface area contributed by atoms with Crippen molar-refractivity contribution in [2.24, 2.45) is 0 Å².